The van der Waals surface area contributed by atoms with Crippen molar-refractivity contribution < 1.29 is 43.9 Å². The van der Waals surface area contributed by atoms with Crippen LogP contribution in [0.4, 0.5) is 4.79 Å². The molecule has 1 aliphatic heterocycles. The van der Waals surface area contributed by atoms with E-state index in [2.05, 4.69) is 6.58 Å². The van der Waals surface area contributed by atoms with E-state index in [4.69, 9.17) is 19.9 Å². The molecular formula is C35H57NO9. The van der Waals surface area contributed by atoms with Crippen molar-refractivity contribution in [2.75, 3.05) is 0 Å². The summed E-state index contributed by atoms with van der Waals surface area (Å²) in [5.74, 6) is -3.06. The highest BCUT2D eigenvalue weighted by Crippen LogP contribution is 2.32. The predicted octanol–water partition coefficient (Wildman–Crippen LogP) is 4.87. The van der Waals surface area contributed by atoms with Crippen LogP contribution in [0.3, 0.4) is 0 Å². The highest BCUT2D eigenvalue weighted by molar-refractivity contribution is 5.75. The molecule has 0 aromatic carbocycles. The van der Waals surface area contributed by atoms with Crippen molar-refractivity contribution in [2.24, 2.45) is 47.2 Å². The molecule has 256 valence electrons. The van der Waals surface area contributed by atoms with Crippen molar-refractivity contribution in [3.8, 4) is 0 Å². The van der Waals surface area contributed by atoms with Gasteiger partial charge < -0.3 is 35.3 Å². The number of carbonyl (C=O) groups excluding carboxylic acids is 3. The molecule has 0 bridgehead atoms. The molecular weight excluding hydrogens is 578 g/mol. The van der Waals surface area contributed by atoms with Crippen molar-refractivity contribution in [3.63, 3.8) is 0 Å². The van der Waals surface area contributed by atoms with Crippen LogP contribution in [0.25, 0.3) is 0 Å². The zero-order valence-electron chi connectivity index (χ0n) is 28.5. The number of carbonyl (C=O) groups is 3. The van der Waals surface area contributed by atoms with Crippen molar-refractivity contribution in [1.29, 1.82) is 0 Å². The first-order chi connectivity index (χ1) is 20.9. The standard InChI is InChI=1S/C35H57NO9/c1-11-12-13-21(4)32(45-35(36)42)25(8)31(40)23(6)17-19(2)16-22(5)30(39)20(3)14-15-28(38)18-29-24(7)33(43-27(10)37)26(9)34(41)44-29/h11-16,20-26,28-33,38-40H,1,17-18H2,2-10H3,(H2,36,42)/b13-12-,15-14-,19-16-/t20-,21?,22?,23?,24-,25-,26+,28?,29-,30-,31+,32?,33-/m0/s1. The summed E-state index contributed by atoms with van der Waals surface area (Å²) in [7, 11) is 0. The maximum atomic E-state index is 12.3. The summed E-state index contributed by atoms with van der Waals surface area (Å²) >= 11 is 0. The normalized spacial score (nSPS) is 27.0. The van der Waals surface area contributed by atoms with Crippen LogP contribution in [0.15, 0.2) is 48.6 Å². The maximum Gasteiger partial charge on any atom is 0.404 e. The highest BCUT2D eigenvalue weighted by Gasteiger charge is 2.44. The molecule has 0 saturated carbocycles. The van der Waals surface area contributed by atoms with Crippen molar-refractivity contribution >= 4 is 18.0 Å². The van der Waals surface area contributed by atoms with E-state index in [1.165, 1.54) is 6.92 Å². The quantitative estimate of drug-likeness (QED) is 0.0755. The molecule has 5 unspecified atom stereocenters. The lowest BCUT2D eigenvalue weighted by Gasteiger charge is -2.38. The average Bonchev–Trinajstić information content (AvgIpc) is 2.96. The molecule has 0 spiro atoms. The second kappa shape index (κ2) is 18.9. The third kappa shape index (κ3) is 12.8. The van der Waals surface area contributed by atoms with Crippen molar-refractivity contribution in [2.45, 2.75) is 112 Å². The number of esters is 2. The SMILES string of the molecule is C=C/C=C\C(C)C(OC(N)=O)[C@@H](C)[C@H](O)C(C)C/C(C)=C\C(C)[C@@H](O)[C@@H](C)/C=C\C(O)C[C@@H]1OC(=O)[C@H](C)[C@@H](OC(C)=O)[C@H]1C. The summed E-state index contributed by atoms with van der Waals surface area (Å²) in [4.78, 5) is 35.4. The number of rotatable bonds is 17. The first-order valence-corrected chi connectivity index (χ1v) is 15.9. The summed E-state index contributed by atoms with van der Waals surface area (Å²) in [5.41, 5.74) is 6.30. The minimum absolute atomic E-state index is 0.137. The molecule has 0 aliphatic carbocycles. The second-order valence-electron chi connectivity index (χ2n) is 13.0. The largest absolute Gasteiger partial charge is 0.462 e. The van der Waals surface area contributed by atoms with Gasteiger partial charge in [-0.2, -0.15) is 0 Å². The van der Waals surface area contributed by atoms with Crippen LogP contribution < -0.4 is 5.73 Å². The number of nitrogens with two attached hydrogens (primary N) is 1. The Labute approximate surface area is 269 Å². The molecule has 45 heavy (non-hydrogen) atoms. The van der Waals surface area contributed by atoms with Gasteiger partial charge in [0.05, 0.1) is 24.2 Å². The minimum atomic E-state index is -0.930. The molecule has 1 amide bonds. The third-order valence-electron chi connectivity index (χ3n) is 8.88. The minimum Gasteiger partial charge on any atom is -0.462 e. The number of allylic oxidation sites excluding steroid dienone is 3. The number of hydrogen-bond donors (Lipinski definition) is 4. The fourth-order valence-corrected chi connectivity index (χ4v) is 6.19. The summed E-state index contributed by atoms with van der Waals surface area (Å²) in [6.45, 7) is 19.8. The van der Waals surface area contributed by atoms with Crippen LogP contribution in [0.1, 0.15) is 75.2 Å². The van der Waals surface area contributed by atoms with E-state index >= 15 is 0 Å². The van der Waals surface area contributed by atoms with Gasteiger partial charge in [0.1, 0.15) is 18.3 Å². The molecule has 1 heterocycles. The fraction of sp³-hybridized carbons (Fsp3) is 0.686. The zero-order chi connectivity index (χ0) is 34.6. The van der Waals surface area contributed by atoms with E-state index in [1.54, 1.807) is 31.2 Å². The van der Waals surface area contributed by atoms with Crippen molar-refractivity contribution in [3.05, 3.63) is 48.6 Å². The molecule has 13 atom stereocenters. The Hall–Kier alpha value is -2.95. The molecule has 1 fully saturated rings. The van der Waals surface area contributed by atoms with Gasteiger partial charge in [0.2, 0.25) is 0 Å². The molecule has 10 heteroatoms. The first kappa shape index (κ1) is 40.1. The molecule has 1 aliphatic rings. The Balaban J connectivity index is 2.80. The van der Waals surface area contributed by atoms with Gasteiger partial charge in [-0.05, 0) is 26.2 Å². The van der Waals surface area contributed by atoms with Gasteiger partial charge in [-0.3, -0.25) is 9.59 Å². The van der Waals surface area contributed by atoms with E-state index < -0.39 is 60.6 Å². The molecule has 0 aromatic heterocycles. The lowest BCUT2D eigenvalue weighted by molar-refractivity contribution is -0.188. The van der Waals surface area contributed by atoms with Crippen molar-refractivity contribution in [1.82, 2.24) is 0 Å². The van der Waals surface area contributed by atoms with Gasteiger partial charge in [0.15, 0.2) is 0 Å². The molecule has 0 aromatic rings. The molecule has 1 saturated heterocycles. The predicted molar refractivity (Wildman–Crippen MR) is 174 cm³/mol. The van der Waals surface area contributed by atoms with Gasteiger partial charge in [-0.25, -0.2) is 4.79 Å². The fourth-order valence-electron chi connectivity index (χ4n) is 6.19. The maximum absolute atomic E-state index is 12.3. The molecule has 10 nitrogen and oxygen atoms in total. The van der Waals surface area contributed by atoms with Crippen LogP contribution in [-0.4, -0.2) is 70.0 Å². The summed E-state index contributed by atoms with van der Waals surface area (Å²) in [6.07, 6.45) is 6.05. The van der Waals surface area contributed by atoms with Gasteiger partial charge in [-0.15, -0.1) is 0 Å². The van der Waals surface area contributed by atoms with Crippen LogP contribution in [-0.2, 0) is 23.8 Å². The lowest BCUT2D eigenvalue weighted by Crippen LogP contribution is -2.49. The lowest BCUT2D eigenvalue weighted by atomic mass is 9.81. The van der Waals surface area contributed by atoms with Crippen LogP contribution >= 0.6 is 0 Å². The van der Waals surface area contributed by atoms with Gasteiger partial charge in [0, 0.05) is 42.9 Å². The Morgan fingerprint density at radius 3 is 2.16 bits per heavy atom. The van der Waals surface area contributed by atoms with E-state index in [1.807, 2.05) is 60.6 Å². The summed E-state index contributed by atoms with van der Waals surface area (Å²) in [5, 5.41) is 32.8. The Morgan fingerprint density at radius 1 is 0.978 bits per heavy atom. The second-order valence-corrected chi connectivity index (χ2v) is 13.0. The van der Waals surface area contributed by atoms with Crippen LogP contribution in [0.2, 0.25) is 0 Å². The van der Waals surface area contributed by atoms with E-state index in [-0.39, 0.29) is 41.9 Å². The Bertz CT molecular complexity index is 1070. The number of aliphatic hydroxyl groups is 3. The third-order valence-corrected chi connectivity index (χ3v) is 8.88. The monoisotopic (exact) mass is 635 g/mol. The summed E-state index contributed by atoms with van der Waals surface area (Å²) < 4.78 is 16.2. The highest BCUT2D eigenvalue weighted by atomic mass is 16.6. The van der Waals surface area contributed by atoms with Gasteiger partial charge in [0.25, 0.3) is 0 Å². The number of ether oxygens (including phenoxy) is 3. The Kier molecular flexibility index (Phi) is 16.8. The topological polar surface area (TPSA) is 166 Å². The Morgan fingerprint density at radius 2 is 1.60 bits per heavy atom. The number of hydrogen-bond acceptors (Lipinski definition) is 9. The summed E-state index contributed by atoms with van der Waals surface area (Å²) in [6, 6.07) is 0. The molecule has 5 N–H and O–H groups in total. The van der Waals surface area contributed by atoms with E-state index in [0.29, 0.717) is 6.42 Å². The van der Waals surface area contributed by atoms with Gasteiger partial charge >= 0.3 is 18.0 Å². The smallest absolute Gasteiger partial charge is 0.404 e. The number of amides is 1. The number of primary amides is 1. The zero-order valence-corrected chi connectivity index (χ0v) is 28.5. The molecule has 1 rings (SSSR count). The van der Waals surface area contributed by atoms with Crippen LogP contribution in [0.5, 0.6) is 0 Å². The van der Waals surface area contributed by atoms with E-state index in [9.17, 15) is 29.7 Å². The first-order valence-electron chi connectivity index (χ1n) is 15.9. The molecule has 0 radical (unpaired) electrons. The average molecular weight is 636 g/mol. The van der Waals surface area contributed by atoms with Crippen LogP contribution in [0, 0.1) is 41.4 Å². The van der Waals surface area contributed by atoms with Gasteiger partial charge in [-0.1, -0.05) is 90.2 Å². The van der Waals surface area contributed by atoms with E-state index in [0.717, 1.165) is 5.57 Å². The number of cyclic esters (lactones) is 1. The number of aliphatic hydroxyl groups excluding tert-OH is 3.